The fourth-order valence-corrected chi connectivity index (χ4v) is 2.64. The van der Waals surface area contributed by atoms with E-state index >= 15 is 0 Å². The molecule has 3 heterocycles. The number of aryl methyl sites for hydroxylation is 1. The molecule has 0 atom stereocenters. The van der Waals surface area contributed by atoms with E-state index in [1.54, 1.807) is 18.0 Å². The second-order valence-electron chi connectivity index (χ2n) is 4.94. The van der Waals surface area contributed by atoms with Crippen LogP contribution >= 0.6 is 11.6 Å². The van der Waals surface area contributed by atoms with E-state index in [9.17, 15) is 0 Å². The number of hydrogen-bond donors (Lipinski definition) is 1. The number of anilines is 1. The Morgan fingerprint density at radius 3 is 2.77 bits per heavy atom. The average Bonchev–Trinajstić information content (AvgIpc) is 2.86. The molecular formula is C14H15ClN6O. The summed E-state index contributed by atoms with van der Waals surface area (Å²) in [4.78, 5) is 12.5. The van der Waals surface area contributed by atoms with Crippen molar-refractivity contribution in [2.75, 3.05) is 12.8 Å². The van der Waals surface area contributed by atoms with Crippen molar-refractivity contribution in [3.8, 4) is 5.75 Å². The first-order chi connectivity index (χ1) is 10.5. The van der Waals surface area contributed by atoms with E-state index in [0.29, 0.717) is 22.7 Å². The number of methoxy groups -OCH3 is 1. The van der Waals surface area contributed by atoms with Crippen LogP contribution in [-0.4, -0.2) is 31.8 Å². The Kier molecular flexibility index (Phi) is 3.58. The Hall–Kier alpha value is -2.41. The van der Waals surface area contributed by atoms with Gasteiger partial charge in [0.15, 0.2) is 5.65 Å². The van der Waals surface area contributed by atoms with Crippen LogP contribution in [0.5, 0.6) is 5.75 Å². The third kappa shape index (κ3) is 2.33. The molecule has 0 unspecified atom stereocenters. The normalized spacial score (nSPS) is 11.1. The molecule has 0 aromatic carbocycles. The number of rotatable bonds is 3. The molecule has 0 aliphatic carbocycles. The summed E-state index contributed by atoms with van der Waals surface area (Å²) < 4.78 is 7.12. The lowest BCUT2D eigenvalue weighted by atomic mass is 10.1. The molecule has 7 nitrogen and oxygen atoms in total. The molecule has 0 fully saturated rings. The Morgan fingerprint density at radius 2 is 2.05 bits per heavy atom. The summed E-state index contributed by atoms with van der Waals surface area (Å²) in [5, 5.41) is 5.28. The first kappa shape index (κ1) is 14.5. The van der Waals surface area contributed by atoms with Crippen LogP contribution in [0.25, 0.3) is 11.0 Å². The first-order valence-electron chi connectivity index (χ1n) is 6.65. The quantitative estimate of drug-likeness (QED) is 0.744. The zero-order valence-electron chi connectivity index (χ0n) is 12.5. The predicted molar refractivity (Wildman–Crippen MR) is 84.1 cm³/mol. The summed E-state index contributed by atoms with van der Waals surface area (Å²) in [7, 11) is 1.64. The minimum Gasteiger partial charge on any atom is -0.495 e. The highest BCUT2D eigenvalue weighted by molar-refractivity contribution is 6.34. The van der Waals surface area contributed by atoms with Crippen molar-refractivity contribution in [1.82, 2.24) is 24.7 Å². The molecule has 0 amide bonds. The maximum atomic E-state index is 6.06. The third-order valence-electron chi connectivity index (χ3n) is 3.56. The van der Waals surface area contributed by atoms with Gasteiger partial charge in [-0.2, -0.15) is 10.1 Å². The molecule has 3 aromatic heterocycles. The van der Waals surface area contributed by atoms with Crippen molar-refractivity contribution in [2.45, 2.75) is 20.4 Å². The summed E-state index contributed by atoms with van der Waals surface area (Å²) in [6.45, 7) is 4.39. The van der Waals surface area contributed by atoms with Crippen LogP contribution in [-0.2, 0) is 6.54 Å². The van der Waals surface area contributed by atoms with Crippen molar-refractivity contribution >= 4 is 28.6 Å². The monoisotopic (exact) mass is 318 g/mol. The van der Waals surface area contributed by atoms with Crippen LogP contribution < -0.4 is 10.5 Å². The lowest BCUT2D eigenvalue weighted by Gasteiger charge is -2.12. The molecule has 0 saturated heterocycles. The van der Waals surface area contributed by atoms with Crippen molar-refractivity contribution in [2.24, 2.45) is 0 Å². The molecule has 0 saturated carbocycles. The van der Waals surface area contributed by atoms with Gasteiger partial charge in [-0.05, 0) is 25.0 Å². The summed E-state index contributed by atoms with van der Waals surface area (Å²) in [6, 6.07) is 0. The fourth-order valence-electron chi connectivity index (χ4n) is 2.42. The smallest absolute Gasteiger partial charge is 0.223 e. The van der Waals surface area contributed by atoms with Crippen LogP contribution in [0.15, 0.2) is 12.4 Å². The van der Waals surface area contributed by atoms with E-state index < -0.39 is 0 Å². The van der Waals surface area contributed by atoms with Crippen LogP contribution in [0, 0.1) is 13.8 Å². The van der Waals surface area contributed by atoms with Gasteiger partial charge in [0.1, 0.15) is 10.9 Å². The van der Waals surface area contributed by atoms with E-state index in [2.05, 4.69) is 20.1 Å². The van der Waals surface area contributed by atoms with Gasteiger partial charge in [0.05, 0.1) is 30.9 Å². The molecule has 114 valence electrons. The van der Waals surface area contributed by atoms with E-state index in [4.69, 9.17) is 22.1 Å². The van der Waals surface area contributed by atoms with Gasteiger partial charge >= 0.3 is 0 Å². The van der Waals surface area contributed by atoms with E-state index in [0.717, 1.165) is 22.6 Å². The molecule has 0 radical (unpaired) electrons. The fraction of sp³-hybridized carbons (Fsp3) is 0.286. The molecule has 0 aliphatic heterocycles. The van der Waals surface area contributed by atoms with E-state index in [1.807, 2.05) is 20.0 Å². The Labute approximate surface area is 132 Å². The van der Waals surface area contributed by atoms with Gasteiger partial charge < -0.3 is 10.5 Å². The standard InChI is InChI=1S/C14H15ClN6O/c1-7-9(4-17-8(2)11(7)22-3)6-21-13-10(5-18-21)12(15)19-14(16)20-13/h4-5H,6H2,1-3H3,(H2,16,19,20). The molecule has 3 rings (SSSR count). The van der Waals surface area contributed by atoms with Gasteiger partial charge in [0, 0.05) is 6.20 Å². The summed E-state index contributed by atoms with van der Waals surface area (Å²) in [6.07, 6.45) is 3.44. The van der Waals surface area contributed by atoms with Crippen LogP contribution in [0.4, 0.5) is 5.95 Å². The van der Waals surface area contributed by atoms with Crippen LogP contribution in [0.1, 0.15) is 16.8 Å². The van der Waals surface area contributed by atoms with Gasteiger partial charge in [-0.25, -0.2) is 9.67 Å². The maximum absolute atomic E-state index is 6.06. The number of aromatic nitrogens is 5. The maximum Gasteiger partial charge on any atom is 0.223 e. The molecule has 0 bridgehead atoms. The number of hydrogen-bond acceptors (Lipinski definition) is 6. The zero-order valence-corrected chi connectivity index (χ0v) is 13.2. The third-order valence-corrected chi connectivity index (χ3v) is 3.84. The first-order valence-corrected chi connectivity index (χ1v) is 7.02. The second kappa shape index (κ2) is 5.42. The number of nitrogens with two attached hydrogens (primary N) is 1. The van der Waals surface area contributed by atoms with Crippen molar-refractivity contribution in [3.63, 3.8) is 0 Å². The number of nitrogen functional groups attached to an aromatic ring is 1. The topological polar surface area (TPSA) is 91.7 Å². The predicted octanol–water partition coefficient (Wildman–Crippen LogP) is 2.13. The Morgan fingerprint density at radius 1 is 1.27 bits per heavy atom. The molecule has 8 heteroatoms. The second-order valence-corrected chi connectivity index (χ2v) is 5.30. The van der Waals surface area contributed by atoms with Crippen LogP contribution in [0.3, 0.4) is 0 Å². The van der Waals surface area contributed by atoms with Gasteiger partial charge in [-0.1, -0.05) is 11.6 Å². The molecule has 22 heavy (non-hydrogen) atoms. The van der Waals surface area contributed by atoms with Gasteiger partial charge in [0.2, 0.25) is 5.95 Å². The van der Waals surface area contributed by atoms with Crippen molar-refractivity contribution in [1.29, 1.82) is 0 Å². The molecule has 0 spiro atoms. The van der Waals surface area contributed by atoms with Crippen molar-refractivity contribution < 1.29 is 4.74 Å². The Bertz CT molecular complexity index is 860. The Balaban J connectivity index is 2.08. The SMILES string of the molecule is COc1c(C)ncc(Cn2ncc3c(Cl)nc(N)nc32)c1C. The van der Waals surface area contributed by atoms with E-state index in [-0.39, 0.29) is 5.95 Å². The van der Waals surface area contributed by atoms with Gasteiger partial charge in [0.25, 0.3) is 0 Å². The number of halogens is 1. The lowest BCUT2D eigenvalue weighted by molar-refractivity contribution is 0.405. The van der Waals surface area contributed by atoms with Crippen molar-refractivity contribution in [3.05, 3.63) is 34.4 Å². The number of nitrogens with zero attached hydrogens (tertiary/aromatic N) is 5. The zero-order chi connectivity index (χ0) is 15.9. The van der Waals surface area contributed by atoms with Gasteiger partial charge in [-0.3, -0.25) is 4.98 Å². The van der Waals surface area contributed by atoms with Gasteiger partial charge in [-0.15, -0.1) is 0 Å². The molecule has 2 N–H and O–H groups in total. The van der Waals surface area contributed by atoms with E-state index in [1.165, 1.54) is 0 Å². The largest absolute Gasteiger partial charge is 0.495 e. The minimum atomic E-state index is 0.121. The molecular weight excluding hydrogens is 304 g/mol. The average molecular weight is 319 g/mol. The number of pyridine rings is 1. The summed E-state index contributed by atoms with van der Waals surface area (Å²) >= 11 is 6.06. The number of ether oxygens (including phenoxy) is 1. The summed E-state index contributed by atoms with van der Waals surface area (Å²) in [5.74, 6) is 0.900. The highest BCUT2D eigenvalue weighted by atomic mass is 35.5. The minimum absolute atomic E-state index is 0.121. The molecule has 0 aliphatic rings. The molecule has 3 aromatic rings. The highest BCUT2D eigenvalue weighted by Crippen LogP contribution is 2.26. The lowest BCUT2D eigenvalue weighted by Crippen LogP contribution is -2.07. The number of fused-ring (bicyclic) bond motifs is 1. The summed E-state index contributed by atoms with van der Waals surface area (Å²) in [5.41, 5.74) is 9.11. The van der Waals surface area contributed by atoms with Crippen LogP contribution in [0.2, 0.25) is 5.15 Å². The highest BCUT2D eigenvalue weighted by Gasteiger charge is 2.14.